The molecule has 5 nitrogen and oxygen atoms in total. The van der Waals surface area contributed by atoms with Crippen LogP contribution in [0.3, 0.4) is 0 Å². The normalized spacial score (nSPS) is 19.9. The van der Waals surface area contributed by atoms with Crippen LogP contribution in [0.4, 0.5) is 5.69 Å². The molecule has 1 fully saturated rings. The molecule has 2 aromatic rings. The van der Waals surface area contributed by atoms with E-state index in [1.54, 1.807) is 0 Å². The van der Waals surface area contributed by atoms with Crippen molar-refractivity contribution < 1.29 is 14.3 Å². The Hall–Kier alpha value is -2.66. The summed E-state index contributed by atoms with van der Waals surface area (Å²) in [6.45, 7) is 2.52. The van der Waals surface area contributed by atoms with Crippen LogP contribution in [-0.4, -0.2) is 48.9 Å². The Morgan fingerprint density at radius 3 is 2.69 bits per heavy atom. The smallest absolute Gasteiger partial charge is 0.265 e. The summed E-state index contributed by atoms with van der Waals surface area (Å²) in [5.41, 5.74) is 1.62. The molecule has 2 aromatic carbocycles. The fourth-order valence-corrected chi connectivity index (χ4v) is 3.78. The Kier molecular flexibility index (Phi) is 4.71. The average Bonchev–Trinajstić information content (AvgIpc) is 3.15. The molecule has 1 unspecified atom stereocenters. The molecule has 0 bridgehead atoms. The molecule has 0 N–H and O–H groups in total. The Labute approximate surface area is 153 Å². The van der Waals surface area contributed by atoms with E-state index in [0.717, 1.165) is 43.1 Å². The van der Waals surface area contributed by atoms with Crippen molar-refractivity contribution in [2.45, 2.75) is 18.9 Å². The fourth-order valence-electron chi connectivity index (χ4n) is 3.78. The summed E-state index contributed by atoms with van der Waals surface area (Å²) in [7, 11) is 0. The lowest BCUT2D eigenvalue weighted by atomic mass is 10.1. The summed E-state index contributed by atoms with van der Waals surface area (Å²) in [6, 6.07) is 17.2. The lowest BCUT2D eigenvalue weighted by Gasteiger charge is -2.34. The summed E-state index contributed by atoms with van der Waals surface area (Å²) in [4.78, 5) is 28.9. The fraction of sp³-hybridized carbons (Fsp3) is 0.333. The van der Waals surface area contributed by atoms with E-state index in [-0.39, 0.29) is 24.3 Å². The molecule has 0 aromatic heterocycles. The summed E-state index contributed by atoms with van der Waals surface area (Å²) in [5, 5.41) is 0. The molecule has 5 heteroatoms. The van der Waals surface area contributed by atoms with Gasteiger partial charge in [-0.1, -0.05) is 42.5 Å². The lowest BCUT2D eigenvalue weighted by molar-refractivity contribution is -0.121. The number of fused-ring (bicyclic) bond motifs is 1. The quantitative estimate of drug-likeness (QED) is 0.778. The average molecular weight is 350 g/mol. The number of Topliss-reactive ketones (excluding diaryl/α,β-unsaturated/α-hetero) is 1. The molecule has 0 radical (unpaired) electrons. The molecule has 1 atom stereocenters. The highest BCUT2D eigenvalue weighted by atomic mass is 16.5. The molecule has 2 aliphatic rings. The molecule has 2 heterocycles. The van der Waals surface area contributed by atoms with Gasteiger partial charge < -0.3 is 14.5 Å². The van der Waals surface area contributed by atoms with Gasteiger partial charge in [0.25, 0.3) is 5.91 Å². The first-order valence-corrected chi connectivity index (χ1v) is 9.07. The van der Waals surface area contributed by atoms with Gasteiger partial charge in [0.2, 0.25) is 0 Å². The molecule has 4 rings (SSSR count). The number of hydrogen-bond donors (Lipinski definition) is 0. The SMILES string of the molecule is O=C(CCN1CCC(N2C(=O)COc3ccccc32)C1)c1ccccc1. The van der Waals surface area contributed by atoms with Gasteiger partial charge in [-0.3, -0.25) is 9.59 Å². The first kappa shape index (κ1) is 16.8. The number of para-hydroxylation sites is 2. The van der Waals surface area contributed by atoms with E-state index in [9.17, 15) is 9.59 Å². The van der Waals surface area contributed by atoms with E-state index >= 15 is 0 Å². The van der Waals surface area contributed by atoms with Crippen LogP contribution in [0.25, 0.3) is 0 Å². The van der Waals surface area contributed by atoms with Gasteiger partial charge in [0.15, 0.2) is 12.4 Å². The van der Waals surface area contributed by atoms with Crippen molar-refractivity contribution in [2.24, 2.45) is 0 Å². The van der Waals surface area contributed by atoms with Gasteiger partial charge in [-0.25, -0.2) is 0 Å². The van der Waals surface area contributed by atoms with Crippen molar-refractivity contribution in [3.8, 4) is 5.75 Å². The summed E-state index contributed by atoms with van der Waals surface area (Å²) in [5.74, 6) is 0.947. The minimum absolute atomic E-state index is 0.0101. The second kappa shape index (κ2) is 7.30. The zero-order valence-corrected chi connectivity index (χ0v) is 14.6. The van der Waals surface area contributed by atoms with Gasteiger partial charge in [0, 0.05) is 31.6 Å². The number of ketones is 1. The van der Waals surface area contributed by atoms with Crippen molar-refractivity contribution in [3.05, 3.63) is 60.2 Å². The van der Waals surface area contributed by atoms with E-state index in [1.807, 2.05) is 59.5 Å². The molecule has 2 aliphatic heterocycles. The van der Waals surface area contributed by atoms with Crippen molar-refractivity contribution >= 4 is 17.4 Å². The second-order valence-electron chi connectivity index (χ2n) is 6.80. The number of benzene rings is 2. The van der Waals surface area contributed by atoms with Crippen LogP contribution in [0.2, 0.25) is 0 Å². The highest BCUT2D eigenvalue weighted by molar-refractivity contribution is 5.98. The van der Waals surface area contributed by atoms with Crippen LogP contribution in [0, 0.1) is 0 Å². The monoisotopic (exact) mass is 350 g/mol. The largest absolute Gasteiger partial charge is 0.482 e. The maximum atomic E-state index is 12.4. The molecule has 1 saturated heterocycles. The van der Waals surface area contributed by atoms with Crippen LogP contribution in [0.15, 0.2) is 54.6 Å². The van der Waals surface area contributed by atoms with Crippen LogP contribution in [0.5, 0.6) is 5.75 Å². The maximum Gasteiger partial charge on any atom is 0.265 e. The number of anilines is 1. The van der Waals surface area contributed by atoms with Crippen LogP contribution < -0.4 is 9.64 Å². The maximum absolute atomic E-state index is 12.4. The van der Waals surface area contributed by atoms with E-state index < -0.39 is 0 Å². The van der Waals surface area contributed by atoms with E-state index in [4.69, 9.17) is 4.74 Å². The number of nitrogens with zero attached hydrogens (tertiary/aromatic N) is 2. The number of rotatable bonds is 5. The molecule has 0 aliphatic carbocycles. The van der Waals surface area contributed by atoms with Gasteiger partial charge in [-0.15, -0.1) is 0 Å². The minimum Gasteiger partial charge on any atom is -0.482 e. The van der Waals surface area contributed by atoms with E-state index in [2.05, 4.69) is 4.90 Å². The third-order valence-corrected chi connectivity index (χ3v) is 5.11. The zero-order valence-electron chi connectivity index (χ0n) is 14.6. The Morgan fingerprint density at radius 2 is 1.85 bits per heavy atom. The predicted molar refractivity (Wildman–Crippen MR) is 99.7 cm³/mol. The van der Waals surface area contributed by atoms with Gasteiger partial charge in [0.1, 0.15) is 5.75 Å². The second-order valence-corrected chi connectivity index (χ2v) is 6.80. The van der Waals surface area contributed by atoms with Crippen molar-refractivity contribution in [1.29, 1.82) is 0 Å². The molecular weight excluding hydrogens is 328 g/mol. The third-order valence-electron chi connectivity index (χ3n) is 5.11. The first-order chi connectivity index (χ1) is 12.7. The van der Waals surface area contributed by atoms with E-state index in [0.29, 0.717) is 6.42 Å². The molecule has 134 valence electrons. The number of carbonyl (C=O) groups is 2. The van der Waals surface area contributed by atoms with Gasteiger partial charge in [-0.2, -0.15) is 0 Å². The highest BCUT2D eigenvalue weighted by Gasteiger charge is 2.35. The van der Waals surface area contributed by atoms with Crippen molar-refractivity contribution in [2.75, 3.05) is 31.1 Å². The summed E-state index contributed by atoms with van der Waals surface area (Å²) in [6.07, 6.45) is 1.42. The van der Waals surface area contributed by atoms with Crippen molar-refractivity contribution in [1.82, 2.24) is 4.90 Å². The van der Waals surface area contributed by atoms with Crippen LogP contribution in [0.1, 0.15) is 23.2 Å². The number of hydrogen-bond acceptors (Lipinski definition) is 4. The van der Waals surface area contributed by atoms with Gasteiger partial charge in [0.05, 0.1) is 11.7 Å². The first-order valence-electron chi connectivity index (χ1n) is 9.07. The standard InChI is InChI=1S/C21H22N2O3/c24-19(16-6-2-1-3-7-16)11-13-22-12-10-17(14-22)23-18-8-4-5-9-20(18)26-15-21(23)25/h1-9,17H,10-15H2. The molecule has 1 amide bonds. The number of ether oxygens (including phenoxy) is 1. The zero-order chi connectivity index (χ0) is 17.9. The molecule has 0 spiro atoms. The highest BCUT2D eigenvalue weighted by Crippen LogP contribution is 2.34. The Bertz CT molecular complexity index is 806. The van der Waals surface area contributed by atoms with Gasteiger partial charge >= 0.3 is 0 Å². The number of carbonyl (C=O) groups excluding carboxylic acids is 2. The summed E-state index contributed by atoms with van der Waals surface area (Å²) >= 11 is 0. The summed E-state index contributed by atoms with van der Waals surface area (Å²) < 4.78 is 5.53. The minimum atomic E-state index is 0.0101. The molecule has 26 heavy (non-hydrogen) atoms. The number of amides is 1. The Morgan fingerprint density at radius 1 is 1.08 bits per heavy atom. The van der Waals surface area contributed by atoms with E-state index in [1.165, 1.54) is 0 Å². The van der Waals surface area contributed by atoms with Crippen molar-refractivity contribution in [3.63, 3.8) is 0 Å². The van der Waals surface area contributed by atoms with Crippen LogP contribution >= 0.6 is 0 Å². The lowest BCUT2D eigenvalue weighted by Crippen LogP contribution is -2.47. The topological polar surface area (TPSA) is 49.9 Å². The predicted octanol–water partition coefficient (Wildman–Crippen LogP) is 2.76. The van der Waals surface area contributed by atoms with Gasteiger partial charge in [-0.05, 0) is 18.6 Å². The number of likely N-dealkylation sites (tertiary alicyclic amines) is 1. The third kappa shape index (κ3) is 3.35. The molecular formula is C21H22N2O3. The molecule has 0 saturated carbocycles. The Balaban J connectivity index is 1.38. The van der Waals surface area contributed by atoms with Crippen LogP contribution in [-0.2, 0) is 4.79 Å².